The van der Waals surface area contributed by atoms with Gasteiger partial charge in [0.25, 0.3) is 0 Å². The molecule has 0 aliphatic carbocycles. The van der Waals surface area contributed by atoms with E-state index in [1.807, 2.05) is 24.3 Å². The van der Waals surface area contributed by atoms with E-state index in [0.717, 1.165) is 12.2 Å². The van der Waals surface area contributed by atoms with Gasteiger partial charge in [-0.2, -0.15) is 0 Å². The van der Waals surface area contributed by atoms with E-state index in [9.17, 15) is 4.79 Å². The van der Waals surface area contributed by atoms with E-state index < -0.39 is 5.97 Å². The zero-order chi connectivity index (χ0) is 12.8. The van der Waals surface area contributed by atoms with Crippen LogP contribution in [0.4, 0.5) is 0 Å². The highest BCUT2D eigenvalue weighted by Gasteiger charge is 2.09. The summed E-state index contributed by atoms with van der Waals surface area (Å²) in [7, 11) is 0. The molecule has 0 bridgehead atoms. The highest BCUT2D eigenvalue weighted by molar-refractivity contribution is 5.67. The number of hydrogen-bond donors (Lipinski definition) is 1. The summed E-state index contributed by atoms with van der Waals surface area (Å²) >= 11 is 0. The first kappa shape index (κ1) is 13.6. The van der Waals surface area contributed by atoms with E-state index in [4.69, 9.17) is 9.84 Å². The average Bonchev–Trinajstić information content (AvgIpc) is 2.28. The molecule has 1 unspecified atom stereocenters. The van der Waals surface area contributed by atoms with Gasteiger partial charge in [0.05, 0.1) is 6.42 Å². The fourth-order valence-corrected chi connectivity index (χ4v) is 1.63. The number of aliphatic carboxylic acids is 1. The second-order valence-corrected chi connectivity index (χ2v) is 4.40. The lowest BCUT2D eigenvalue weighted by Crippen LogP contribution is -2.16. The normalized spacial score (nSPS) is 14.1. The lowest BCUT2D eigenvalue weighted by Gasteiger charge is -2.14. The summed E-state index contributed by atoms with van der Waals surface area (Å²) in [4.78, 5) is 10.5. The maximum atomic E-state index is 10.5. The molecule has 94 valence electrons. The smallest absolute Gasteiger partial charge is 0.307 e. The van der Waals surface area contributed by atoms with Crippen molar-refractivity contribution in [3.05, 3.63) is 29.8 Å². The number of carbonyl (C=O) groups is 1. The molecule has 1 N–H and O–H groups in total. The van der Waals surface area contributed by atoms with Crippen LogP contribution in [-0.2, 0) is 4.79 Å². The first-order valence-electron chi connectivity index (χ1n) is 6.01. The van der Waals surface area contributed by atoms with Gasteiger partial charge in [0, 0.05) is 0 Å². The molecule has 0 fully saturated rings. The van der Waals surface area contributed by atoms with Crippen molar-refractivity contribution in [1.29, 1.82) is 0 Å². The largest absolute Gasteiger partial charge is 0.490 e. The number of rotatable bonds is 6. The maximum Gasteiger partial charge on any atom is 0.307 e. The molecule has 0 heterocycles. The van der Waals surface area contributed by atoms with Crippen molar-refractivity contribution in [2.45, 2.75) is 45.6 Å². The van der Waals surface area contributed by atoms with E-state index in [1.54, 1.807) is 6.92 Å². The number of carboxylic acids is 1. The number of hydrogen-bond acceptors (Lipinski definition) is 2. The van der Waals surface area contributed by atoms with Crippen molar-refractivity contribution < 1.29 is 14.6 Å². The van der Waals surface area contributed by atoms with Crippen molar-refractivity contribution in [2.75, 3.05) is 0 Å². The predicted molar refractivity (Wildman–Crippen MR) is 67.5 cm³/mol. The third-order valence-corrected chi connectivity index (χ3v) is 2.86. The second-order valence-electron chi connectivity index (χ2n) is 4.40. The van der Waals surface area contributed by atoms with Gasteiger partial charge < -0.3 is 9.84 Å². The van der Waals surface area contributed by atoms with Crippen molar-refractivity contribution in [2.24, 2.45) is 0 Å². The van der Waals surface area contributed by atoms with Crippen LogP contribution in [0.1, 0.15) is 45.1 Å². The van der Waals surface area contributed by atoms with Gasteiger partial charge in [-0.15, -0.1) is 0 Å². The molecule has 0 aromatic heterocycles. The van der Waals surface area contributed by atoms with Gasteiger partial charge in [0.1, 0.15) is 11.9 Å². The minimum absolute atomic E-state index is 0.0209. The van der Waals surface area contributed by atoms with Crippen LogP contribution in [-0.4, -0.2) is 17.2 Å². The van der Waals surface area contributed by atoms with Crippen molar-refractivity contribution >= 4 is 5.97 Å². The average molecular weight is 236 g/mol. The van der Waals surface area contributed by atoms with E-state index in [1.165, 1.54) is 5.56 Å². The summed E-state index contributed by atoms with van der Waals surface area (Å²) < 4.78 is 5.51. The fraction of sp³-hybridized carbons (Fsp3) is 0.500. The minimum Gasteiger partial charge on any atom is -0.490 e. The van der Waals surface area contributed by atoms with Crippen LogP contribution in [0, 0.1) is 0 Å². The van der Waals surface area contributed by atoms with Gasteiger partial charge in [-0.3, -0.25) is 4.79 Å². The quantitative estimate of drug-likeness (QED) is 0.823. The van der Waals surface area contributed by atoms with E-state index >= 15 is 0 Å². The second kappa shape index (κ2) is 6.28. The fourth-order valence-electron chi connectivity index (χ4n) is 1.63. The molecule has 3 heteroatoms. The highest BCUT2D eigenvalue weighted by Crippen LogP contribution is 2.22. The Kier molecular flexibility index (Phi) is 5.01. The lowest BCUT2D eigenvalue weighted by atomic mass is 9.99. The van der Waals surface area contributed by atoms with E-state index in [0.29, 0.717) is 5.92 Å². The van der Waals surface area contributed by atoms with Crippen LogP contribution in [0.5, 0.6) is 5.75 Å². The van der Waals surface area contributed by atoms with Gasteiger partial charge in [0.15, 0.2) is 0 Å². The Morgan fingerprint density at radius 1 is 1.29 bits per heavy atom. The summed E-state index contributed by atoms with van der Waals surface area (Å²) in [6.45, 7) is 6.10. The van der Waals surface area contributed by atoms with Gasteiger partial charge in [-0.25, -0.2) is 0 Å². The van der Waals surface area contributed by atoms with Crippen molar-refractivity contribution in [3.63, 3.8) is 0 Å². The molecule has 1 rings (SSSR count). The Hall–Kier alpha value is -1.51. The third-order valence-electron chi connectivity index (χ3n) is 2.86. The molecule has 0 saturated carbocycles. The Labute approximate surface area is 102 Å². The summed E-state index contributed by atoms with van der Waals surface area (Å²) in [5.41, 5.74) is 1.28. The highest BCUT2D eigenvalue weighted by atomic mass is 16.5. The van der Waals surface area contributed by atoms with Crippen LogP contribution >= 0.6 is 0 Å². The molecule has 17 heavy (non-hydrogen) atoms. The zero-order valence-corrected chi connectivity index (χ0v) is 10.6. The molecule has 0 spiro atoms. The van der Waals surface area contributed by atoms with E-state index in [-0.39, 0.29) is 12.5 Å². The molecule has 2 atom stereocenters. The Bertz CT molecular complexity index is 356. The maximum absolute atomic E-state index is 10.5. The van der Waals surface area contributed by atoms with Gasteiger partial charge in [-0.05, 0) is 37.0 Å². The first-order valence-corrected chi connectivity index (χ1v) is 6.01. The van der Waals surface area contributed by atoms with Gasteiger partial charge in [-0.1, -0.05) is 26.0 Å². The molecular weight excluding hydrogens is 216 g/mol. The lowest BCUT2D eigenvalue weighted by molar-refractivity contribution is -0.138. The van der Waals surface area contributed by atoms with Crippen molar-refractivity contribution in [3.8, 4) is 5.75 Å². The van der Waals surface area contributed by atoms with Crippen LogP contribution < -0.4 is 4.74 Å². The molecule has 0 aliphatic heterocycles. The molecule has 0 radical (unpaired) electrons. The molecule has 1 aromatic rings. The van der Waals surface area contributed by atoms with Crippen LogP contribution in [0.3, 0.4) is 0 Å². The summed E-state index contributed by atoms with van der Waals surface area (Å²) in [6, 6.07) is 7.88. The number of carboxylic acid groups (broad SMARTS) is 1. The Morgan fingerprint density at radius 2 is 1.88 bits per heavy atom. The summed E-state index contributed by atoms with van der Waals surface area (Å²) in [5.74, 6) is 0.431. The monoisotopic (exact) mass is 236 g/mol. The standard InChI is InChI=1S/C14H20O3/c1-4-10(2)12-5-7-13(8-6-12)17-11(3)9-14(15)16/h5-8,10-11H,4,9H2,1-3H3,(H,15,16)/t10?,11-/m0/s1. The predicted octanol–water partition coefficient (Wildman–Crippen LogP) is 3.44. The van der Waals surface area contributed by atoms with Gasteiger partial charge >= 0.3 is 5.97 Å². The topological polar surface area (TPSA) is 46.5 Å². The third kappa shape index (κ3) is 4.47. The molecule has 0 aliphatic rings. The number of benzene rings is 1. The Balaban J connectivity index is 2.59. The molecule has 1 aromatic carbocycles. The SMILES string of the molecule is CCC(C)c1ccc(O[C@@H](C)CC(=O)O)cc1. The minimum atomic E-state index is -0.839. The van der Waals surface area contributed by atoms with E-state index in [2.05, 4.69) is 13.8 Å². The zero-order valence-electron chi connectivity index (χ0n) is 10.6. The van der Waals surface area contributed by atoms with Crippen LogP contribution in [0.25, 0.3) is 0 Å². The van der Waals surface area contributed by atoms with Crippen LogP contribution in [0.15, 0.2) is 24.3 Å². The molecule has 3 nitrogen and oxygen atoms in total. The first-order chi connectivity index (χ1) is 8.02. The summed E-state index contributed by atoms with van der Waals surface area (Å²) in [5, 5.41) is 8.63. The summed E-state index contributed by atoms with van der Waals surface area (Å²) in [6.07, 6.45) is 0.824. The number of ether oxygens (including phenoxy) is 1. The van der Waals surface area contributed by atoms with Crippen molar-refractivity contribution in [1.82, 2.24) is 0 Å². The Morgan fingerprint density at radius 3 is 2.35 bits per heavy atom. The van der Waals surface area contributed by atoms with Gasteiger partial charge in [0.2, 0.25) is 0 Å². The van der Waals surface area contributed by atoms with Crippen LogP contribution in [0.2, 0.25) is 0 Å². The molecular formula is C14H20O3. The molecule has 0 saturated heterocycles. The molecule has 0 amide bonds.